The zero-order valence-electron chi connectivity index (χ0n) is 11.7. The zero-order chi connectivity index (χ0) is 14.2. The Labute approximate surface area is 122 Å². The number of pyridine rings is 1. The number of methoxy groups -OCH3 is 1. The molecule has 2 aromatic rings. The molecule has 0 amide bonds. The van der Waals surface area contributed by atoms with Crippen LogP contribution < -0.4 is 5.32 Å². The molecule has 5 heteroatoms. The Hall–Kier alpha value is -1.46. The van der Waals surface area contributed by atoms with Gasteiger partial charge in [0.1, 0.15) is 10.5 Å². The van der Waals surface area contributed by atoms with Gasteiger partial charge in [0.25, 0.3) is 0 Å². The first-order valence-electron chi connectivity index (χ1n) is 6.82. The standard InChI is InChI=1S/C15H18N2O2S/c1-15(5-3-6-15)16-9-10-8-12(14(18)19-2)17-13-11(10)4-7-20-13/h4,7-8,16H,3,5-6,9H2,1-2H3. The molecule has 20 heavy (non-hydrogen) atoms. The number of carbonyl (C=O) groups is 1. The van der Waals surface area contributed by atoms with Crippen LogP contribution in [0.1, 0.15) is 42.2 Å². The molecule has 1 saturated carbocycles. The zero-order valence-corrected chi connectivity index (χ0v) is 12.5. The lowest BCUT2D eigenvalue weighted by Gasteiger charge is -2.39. The lowest BCUT2D eigenvalue weighted by molar-refractivity contribution is 0.0594. The van der Waals surface area contributed by atoms with Gasteiger partial charge in [0.2, 0.25) is 0 Å². The van der Waals surface area contributed by atoms with Crippen LogP contribution in [0.15, 0.2) is 17.5 Å². The van der Waals surface area contributed by atoms with Gasteiger partial charge in [0.05, 0.1) is 7.11 Å². The smallest absolute Gasteiger partial charge is 0.356 e. The topological polar surface area (TPSA) is 51.2 Å². The highest BCUT2D eigenvalue weighted by Crippen LogP contribution is 2.32. The molecule has 0 saturated heterocycles. The predicted molar refractivity (Wildman–Crippen MR) is 80.1 cm³/mol. The molecule has 0 bridgehead atoms. The molecule has 1 aliphatic rings. The van der Waals surface area contributed by atoms with Crippen LogP contribution in [-0.4, -0.2) is 23.6 Å². The number of thiophene rings is 1. The summed E-state index contributed by atoms with van der Waals surface area (Å²) in [5.74, 6) is -0.378. The quantitative estimate of drug-likeness (QED) is 0.879. The van der Waals surface area contributed by atoms with Gasteiger partial charge < -0.3 is 10.1 Å². The Kier molecular flexibility index (Phi) is 3.48. The van der Waals surface area contributed by atoms with Gasteiger partial charge in [-0.3, -0.25) is 0 Å². The largest absolute Gasteiger partial charge is 0.464 e. The third-order valence-electron chi connectivity index (χ3n) is 4.08. The van der Waals surface area contributed by atoms with E-state index in [-0.39, 0.29) is 11.5 Å². The van der Waals surface area contributed by atoms with E-state index >= 15 is 0 Å². The van der Waals surface area contributed by atoms with Gasteiger partial charge in [-0.2, -0.15) is 0 Å². The van der Waals surface area contributed by atoms with Crippen molar-refractivity contribution in [3.05, 3.63) is 28.8 Å². The molecule has 1 aliphatic carbocycles. The van der Waals surface area contributed by atoms with Crippen LogP contribution in [0.25, 0.3) is 10.2 Å². The van der Waals surface area contributed by atoms with Crippen molar-refractivity contribution in [1.29, 1.82) is 0 Å². The summed E-state index contributed by atoms with van der Waals surface area (Å²) in [5.41, 5.74) is 1.75. The van der Waals surface area contributed by atoms with Gasteiger partial charge in [0, 0.05) is 17.5 Å². The molecule has 0 aliphatic heterocycles. The van der Waals surface area contributed by atoms with Gasteiger partial charge in [-0.15, -0.1) is 11.3 Å². The van der Waals surface area contributed by atoms with E-state index in [4.69, 9.17) is 4.74 Å². The Balaban J connectivity index is 1.91. The molecule has 0 spiro atoms. The molecule has 2 aromatic heterocycles. The van der Waals surface area contributed by atoms with Gasteiger partial charge in [-0.25, -0.2) is 9.78 Å². The van der Waals surface area contributed by atoms with E-state index < -0.39 is 0 Å². The van der Waals surface area contributed by atoms with E-state index in [1.807, 2.05) is 11.4 Å². The van der Waals surface area contributed by atoms with Crippen LogP contribution in [0.3, 0.4) is 0 Å². The third kappa shape index (κ3) is 2.43. The molecule has 3 rings (SSSR count). The Morgan fingerprint density at radius 1 is 1.55 bits per heavy atom. The lowest BCUT2D eigenvalue weighted by Crippen LogP contribution is -2.47. The number of nitrogens with one attached hydrogen (secondary N) is 1. The summed E-state index contributed by atoms with van der Waals surface area (Å²) in [5, 5.41) is 6.73. The minimum absolute atomic E-state index is 0.247. The van der Waals surface area contributed by atoms with Gasteiger partial charge in [-0.05, 0) is 49.3 Å². The average molecular weight is 290 g/mol. The molecule has 1 N–H and O–H groups in total. The SMILES string of the molecule is COC(=O)c1cc(CNC2(C)CCC2)c2ccsc2n1. The molecule has 106 valence electrons. The van der Waals surface area contributed by atoms with Crippen molar-refractivity contribution in [1.82, 2.24) is 10.3 Å². The van der Waals surface area contributed by atoms with Gasteiger partial charge >= 0.3 is 5.97 Å². The Bertz CT molecular complexity index is 646. The molecule has 0 aromatic carbocycles. The van der Waals surface area contributed by atoms with E-state index in [2.05, 4.69) is 23.3 Å². The molecule has 0 radical (unpaired) electrons. The number of nitrogens with zero attached hydrogens (tertiary/aromatic N) is 1. The second kappa shape index (κ2) is 5.14. The van der Waals surface area contributed by atoms with E-state index in [9.17, 15) is 4.79 Å². The summed E-state index contributed by atoms with van der Waals surface area (Å²) in [6, 6.07) is 3.91. The van der Waals surface area contributed by atoms with Gasteiger partial charge in [0.15, 0.2) is 0 Å². The maximum Gasteiger partial charge on any atom is 0.356 e. The molecule has 0 unspecified atom stereocenters. The first-order valence-corrected chi connectivity index (χ1v) is 7.70. The predicted octanol–water partition coefficient (Wildman–Crippen LogP) is 3.12. The van der Waals surface area contributed by atoms with Crippen molar-refractivity contribution < 1.29 is 9.53 Å². The van der Waals surface area contributed by atoms with E-state index in [0.29, 0.717) is 5.69 Å². The number of rotatable bonds is 4. The maximum absolute atomic E-state index is 11.7. The van der Waals surface area contributed by atoms with Crippen LogP contribution in [0.4, 0.5) is 0 Å². The highest BCUT2D eigenvalue weighted by molar-refractivity contribution is 7.16. The summed E-state index contributed by atoms with van der Waals surface area (Å²) in [6.45, 7) is 3.01. The monoisotopic (exact) mass is 290 g/mol. The van der Waals surface area contributed by atoms with E-state index in [1.54, 1.807) is 11.3 Å². The van der Waals surface area contributed by atoms with Crippen molar-refractivity contribution in [3.8, 4) is 0 Å². The third-order valence-corrected chi connectivity index (χ3v) is 4.89. The van der Waals surface area contributed by atoms with Crippen molar-refractivity contribution in [2.45, 2.75) is 38.3 Å². The minimum atomic E-state index is -0.378. The van der Waals surface area contributed by atoms with Crippen LogP contribution in [-0.2, 0) is 11.3 Å². The summed E-state index contributed by atoms with van der Waals surface area (Å²) >= 11 is 1.55. The number of hydrogen-bond donors (Lipinski definition) is 1. The minimum Gasteiger partial charge on any atom is -0.464 e. The fourth-order valence-corrected chi connectivity index (χ4v) is 3.37. The molecule has 0 atom stereocenters. The van der Waals surface area contributed by atoms with Crippen LogP contribution in [0.2, 0.25) is 0 Å². The van der Waals surface area contributed by atoms with Crippen LogP contribution in [0.5, 0.6) is 0 Å². The number of esters is 1. The number of ether oxygens (including phenoxy) is 1. The fraction of sp³-hybridized carbons (Fsp3) is 0.467. The maximum atomic E-state index is 11.7. The van der Waals surface area contributed by atoms with Crippen molar-refractivity contribution in [2.24, 2.45) is 0 Å². The second-order valence-corrected chi connectivity index (χ2v) is 6.46. The number of carbonyl (C=O) groups excluding carboxylic acids is 1. The summed E-state index contributed by atoms with van der Waals surface area (Å²) in [4.78, 5) is 17.0. The Morgan fingerprint density at radius 3 is 3.00 bits per heavy atom. The van der Waals surface area contributed by atoms with Crippen LogP contribution in [0, 0.1) is 0 Å². The van der Waals surface area contributed by atoms with E-state index in [0.717, 1.165) is 22.3 Å². The number of hydrogen-bond acceptors (Lipinski definition) is 5. The molecular formula is C15H18N2O2S. The number of aromatic nitrogens is 1. The van der Waals surface area contributed by atoms with Crippen molar-refractivity contribution in [2.75, 3.05) is 7.11 Å². The van der Waals surface area contributed by atoms with E-state index in [1.165, 1.54) is 26.4 Å². The summed E-state index contributed by atoms with van der Waals surface area (Å²) in [6.07, 6.45) is 3.73. The van der Waals surface area contributed by atoms with Crippen molar-refractivity contribution in [3.63, 3.8) is 0 Å². The Morgan fingerprint density at radius 2 is 2.35 bits per heavy atom. The van der Waals surface area contributed by atoms with Crippen LogP contribution >= 0.6 is 11.3 Å². The number of fused-ring (bicyclic) bond motifs is 1. The molecule has 1 fully saturated rings. The molecule has 4 nitrogen and oxygen atoms in total. The fourth-order valence-electron chi connectivity index (χ4n) is 2.56. The van der Waals surface area contributed by atoms with Gasteiger partial charge in [-0.1, -0.05) is 0 Å². The normalized spacial score (nSPS) is 16.9. The lowest BCUT2D eigenvalue weighted by atomic mass is 9.78. The molecular weight excluding hydrogens is 272 g/mol. The van der Waals surface area contributed by atoms with Crippen molar-refractivity contribution >= 4 is 27.5 Å². The first-order chi connectivity index (χ1) is 9.61. The first kappa shape index (κ1) is 13.5. The second-order valence-electron chi connectivity index (χ2n) is 5.57. The summed E-state index contributed by atoms with van der Waals surface area (Å²) < 4.78 is 4.78. The summed E-state index contributed by atoms with van der Waals surface area (Å²) in [7, 11) is 1.38. The molecule has 2 heterocycles. The average Bonchev–Trinajstić information content (AvgIpc) is 2.90. The highest BCUT2D eigenvalue weighted by atomic mass is 32.1. The highest BCUT2D eigenvalue weighted by Gasteiger charge is 2.31.